The maximum Gasteiger partial charge on any atom is 0.138 e. The summed E-state index contributed by atoms with van der Waals surface area (Å²) in [5.41, 5.74) is 0.795. The summed E-state index contributed by atoms with van der Waals surface area (Å²) in [7, 11) is 6.11. The minimum absolute atomic E-state index is 0.326. The Kier molecular flexibility index (Phi) is 5.95. The Bertz CT molecular complexity index is 357. The van der Waals surface area contributed by atoms with E-state index in [0.29, 0.717) is 11.0 Å². The molecule has 1 heterocycles. The van der Waals surface area contributed by atoms with Gasteiger partial charge in [0.1, 0.15) is 17.3 Å². The molecule has 0 atom stereocenters. The summed E-state index contributed by atoms with van der Waals surface area (Å²) in [6, 6.07) is 0. The number of hydrogen-bond acceptors (Lipinski definition) is 4. The molecule has 0 N–H and O–H groups in total. The number of halogens is 2. The van der Waals surface area contributed by atoms with Gasteiger partial charge in [-0.1, -0.05) is 11.6 Å². The van der Waals surface area contributed by atoms with Gasteiger partial charge in [-0.2, -0.15) is 0 Å². The van der Waals surface area contributed by atoms with Crippen molar-refractivity contribution in [3.8, 4) is 0 Å². The van der Waals surface area contributed by atoms with Crippen LogP contribution in [0.4, 0.5) is 5.82 Å². The summed E-state index contributed by atoms with van der Waals surface area (Å²) in [5.74, 6) is 1.14. The molecule has 96 valence electrons. The molecule has 0 radical (unpaired) electrons. The average molecular weight is 277 g/mol. The standard InChI is InChI=1S/C11H18Cl2N4/c1-16(2)5-4-6-17(3)11-9(7-12)10(13)14-8-15-11/h8H,4-7H2,1-3H3. The summed E-state index contributed by atoms with van der Waals surface area (Å²) >= 11 is 11.9. The first kappa shape index (κ1) is 14.5. The molecule has 17 heavy (non-hydrogen) atoms. The van der Waals surface area contributed by atoms with E-state index in [1.807, 2.05) is 7.05 Å². The lowest BCUT2D eigenvalue weighted by Gasteiger charge is -2.21. The number of rotatable bonds is 6. The first-order valence-electron chi connectivity index (χ1n) is 5.47. The maximum atomic E-state index is 5.99. The van der Waals surface area contributed by atoms with E-state index in [0.717, 1.165) is 30.9 Å². The highest BCUT2D eigenvalue weighted by Crippen LogP contribution is 2.24. The van der Waals surface area contributed by atoms with Crippen LogP contribution in [0.25, 0.3) is 0 Å². The van der Waals surface area contributed by atoms with E-state index in [9.17, 15) is 0 Å². The van der Waals surface area contributed by atoms with E-state index in [2.05, 4.69) is 33.9 Å². The largest absolute Gasteiger partial charge is 0.359 e. The molecule has 1 rings (SSSR count). The predicted molar refractivity (Wildman–Crippen MR) is 73.0 cm³/mol. The molecule has 0 amide bonds. The highest BCUT2D eigenvalue weighted by Gasteiger charge is 2.12. The number of hydrogen-bond donors (Lipinski definition) is 0. The molecular weight excluding hydrogens is 259 g/mol. The summed E-state index contributed by atoms with van der Waals surface area (Å²) < 4.78 is 0. The first-order chi connectivity index (χ1) is 8.06. The van der Waals surface area contributed by atoms with Crippen molar-refractivity contribution in [3.63, 3.8) is 0 Å². The molecule has 0 unspecified atom stereocenters. The molecular formula is C11H18Cl2N4. The lowest BCUT2D eigenvalue weighted by molar-refractivity contribution is 0.401. The van der Waals surface area contributed by atoms with Crippen LogP contribution >= 0.6 is 23.2 Å². The van der Waals surface area contributed by atoms with Gasteiger partial charge in [-0.15, -0.1) is 11.6 Å². The van der Waals surface area contributed by atoms with Crippen LogP contribution in [0.3, 0.4) is 0 Å². The zero-order chi connectivity index (χ0) is 12.8. The van der Waals surface area contributed by atoms with E-state index in [1.165, 1.54) is 6.33 Å². The van der Waals surface area contributed by atoms with Crippen LogP contribution < -0.4 is 4.90 Å². The Labute approximate surface area is 113 Å². The van der Waals surface area contributed by atoms with Gasteiger partial charge in [-0.25, -0.2) is 9.97 Å². The van der Waals surface area contributed by atoms with Gasteiger partial charge >= 0.3 is 0 Å². The van der Waals surface area contributed by atoms with Crippen molar-refractivity contribution < 1.29 is 0 Å². The Balaban J connectivity index is 2.68. The quantitative estimate of drug-likeness (QED) is 0.589. The summed E-state index contributed by atoms with van der Waals surface area (Å²) in [6.07, 6.45) is 2.53. The van der Waals surface area contributed by atoms with Gasteiger partial charge in [0.15, 0.2) is 0 Å². The summed E-state index contributed by atoms with van der Waals surface area (Å²) in [4.78, 5) is 12.4. The molecule has 0 saturated heterocycles. The van der Waals surface area contributed by atoms with Gasteiger partial charge in [0.25, 0.3) is 0 Å². The van der Waals surface area contributed by atoms with Gasteiger partial charge in [-0.05, 0) is 27.1 Å². The van der Waals surface area contributed by atoms with E-state index in [-0.39, 0.29) is 0 Å². The second-order valence-electron chi connectivity index (χ2n) is 4.18. The number of nitrogens with zero attached hydrogens (tertiary/aromatic N) is 4. The fourth-order valence-electron chi connectivity index (χ4n) is 1.56. The Morgan fingerprint density at radius 3 is 2.47 bits per heavy atom. The monoisotopic (exact) mass is 276 g/mol. The van der Waals surface area contributed by atoms with E-state index in [4.69, 9.17) is 23.2 Å². The average Bonchev–Trinajstić information content (AvgIpc) is 2.28. The summed E-state index contributed by atoms with van der Waals surface area (Å²) in [5, 5.41) is 0.435. The SMILES string of the molecule is CN(C)CCCN(C)c1ncnc(Cl)c1CCl. The van der Waals surface area contributed by atoms with Crippen LogP contribution in [0, 0.1) is 0 Å². The Hall–Kier alpha value is -0.580. The lowest BCUT2D eigenvalue weighted by atomic mass is 10.3. The van der Waals surface area contributed by atoms with E-state index < -0.39 is 0 Å². The highest BCUT2D eigenvalue weighted by atomic mass is 35.5. The molecule has 0 saturated carbocycles. The van der Waals surface area contributed by atoms with Crippen molar-refractivity contribution in [2.75, 3.05) is 39.1 Å². The van der Waals surface area contributed by atoms with Gasteiger partial charge in [0.05, 0.1) is 5.88 Å². The first-order valence-corrected chi connectivity index (χ1v) is 6.38. The molecule has 1 aromatic rings. The Morgan fingerprint density at radius 2 is 1.88 bits per heavy atom. The van der Waals surface area contributed by atoms with Crippen LogP contribution in [0.5, 0.6) is 0 Å². The summed E-state index contributed by atoms with van der Waals surface area (Å²) in [6.45, 7) is 1.95. The lowest BCUT2D eigenvalue weighted by Crippen LogP contribution is -2.25. The topological polar surface area (TPSA) is 32.3 Å². The molecule has 1 aromatic heterocycles. The van der Waals surface area contributed by atoms with Crippen LogP contribution in [0.1, 0.15) is 12.0 Å². The molecule has 6 heteroatoms. The fourth-order valence-corrected chi connectivity index (χ4v) is 2.07. The van der Waals surface area contributed by atoms with Crippen LogP contribution in [0.15, 0.2) is 6.33 Å². The van der Waals surface area contributed by atoms with Crippen molar-refractivity contribution in [2.24, 2.45) is 0 Å². The second kappa shape index (κ2) is 6.99. The Morgan fingerprint density at radius 1 is 1.18 bits per heavy atom. The van der Waals surface area contributed by atoms with Crippen LogP contribution in [0.2, 0.25) is 5.15 Å². The highest BCUT2D eigenvalue weighted by molar-refractivity contribution is 6.31. The van der Waals surface area contributed by atoms with Gasteiger partial charge < -0.3 is 9.80 Å². The zero-order valence-electron chi connectivity index (χ0n) is 10.5. The van der Waals surface area contributed by atoms with E-state index >= 15 is 0 Å². The third-order valence-electron chi connectivity index (χ3n) is 2.46. The van der Waals surface area contributed by atoms with Crippen LogP contribution in [-0.4, -0.2) is 49.1 Å². The maximum absolute atomic E-state index is 5.99. The smallest absolute Gasteiger partial charge is 0.138 e. The molecule has 0 aliphatic rings. The van der Waals surface area contributed by atoms with Crippen molar-refractivity contribution in [3.05, 3.63) is 17.0 Å². The zero-order valence-corrected chi connectivity index (χ0v) is 12.0. The fraction of sp³-hybridized carbons (Fsp3) is 0.636. The van der Waals surface area contributed by atoms with Gasteiger partial charge in [-0.3, -0.25) is 0 Å². The number of anilines is 1. The van der Waals surface area contributed by atoms with Gasteiger partial charge in [0, 0.05) is 19.2 Å². The third-order valence-corrected chi connectivity index (χ3v) is 3.06. The van der Waals surface area contributed by atoms with Gasteiger partial charge in [0.2, 0.25) is 0 Å². The van der Waals surface area contributed by atoms with Crippen molar-refractivity contribution in [2.45, 2.75) is 12.3 Å². The predicted octanol–water partition coefficient (Wildman–Crippen LogP) is 2.26. The molecule has 0 aliphatic heterocycles. The minimum Gasteiger partial charge on any atom is -0.359 e. The number of aromatic nitrogens is 2. The van der Waals surface area contributed by atoms with Crippen molar-refractivity contribution in [1.29, 1.82) is 0 Å². The molecule has 0 spiro atoms. The molecule has 0 aliphatic carbocycles. The van der Waals surface area contributed by atoms with Crippen molar-refractivity contribution in [1.82, 2.24) is 14.9 Å². The van der Waals surface area contributed by atoms with Crippen molar-refractivity contribution >= 4 is 29.0 Å². The molecule has 0 aromatic carbocycles. The third kappa shape index (κ3) is 4.30. The molecule has 0 fully saturated rings. The van der Waals surface area contributed by atoms with Crippen LogP contribution in [-0.2, 0) is 5.88 Å². The molecule has 4 nitrogen and oxygen atoms in total. The minimum atomic E-state index is 0.326. The second-order valence-corrected chi connectivity index (χ2v) is 4.80. The molecule has 0 bridgehead atoms. The normalized spacial score (nSPS) is 10.9. The van der Waals surface area contributed by atoms with E-state index in [1.54, 1.807) is 0 Å². The number of alkyl halides is 1.